The fourth-order valence-electron chi connectivity index (χ4n) is 1.21. The molecule has 0 saturated carbocycles. The van der Waals surface area contributed by atoms with Gasteiger partial charge in [0.1, 0.15) is 5.75 Å². The summed E-state index contributed by atoms with van der Waals surface area (Å²) in [7, 11) is 0. The highest BCUT2D eigenvalue weighted by molar-refractivity contribution is 5.87. The Morgan fingerprint density at radius 3 is 2.36 bits per heavy atom. The van der Waals surface area contributed by atoms with E-state index in [0.29, 0.717) is 5.75 Å². The molecule has 0 radical (unpaired) electrons. The summed E-state index contributed by atoms with van der Waals surface area (Å²) < 4.78 is 0. The van der Waals surface area contributed by atoms with Crippen LogP contribution in [-0.4, -0.2) is 5.11 Å². The molecule has 1 nitrogen and oxygen atoms in total. The molecule has 0 spiro atoms. The van der Waals surface area contributed by atoms with E-state index in [2.05, 4.69) is 0 Å². The Bertz CT molecular complexity index is 374. The quantitative estimate of drug-likeness (QED) is 0.611. The Labute approximate surface area is 64.9 Å². The zero-order chi connectivity index (χ0) is 7.68. The Morgan fingerprint density at radius 2 is 1.55 bits per heavy atom. The lowest BCUT2D eigenvalue weighted by atomic mass is 10.5. The first-order valence-corrected chi connectivity index (χ1v) is 3.54. The van der Waals surface area contributed by atoms with Gasteiger partial charge in [0.2, 0.25) is 0 Å². The number of fused-ring (bicyclic) bond motifs is 1. The monoisotopic (exact) mass is 150 g/mol. The van der Waals surface area contributed by atoms with E-state index in [-0.39, 0.29) is 0 Å². The van der Waals surface area contributed by atoms with Gasteiger partial charge in [0, 0.05) is 5.39 Å². The van der Waals surface area contributed by atoms with Crippen molar-refractivity contribution < 1.29 is 5.11 Å². The van der Waals surface area contributed by atoms with Crippen molar-refractivity contribution in [1.29, 1.82) is 0 Å². The van der Waals surface area contributed by atoms with Crippen LogP contribution < -0.4 is 0 Å². The average molecular weight is 150 g/mol. The minimum atomic E-state index is 0.350. The number of phenols is 1. The van der Waals surface area contributed by atoms with Crippen LogP contribution in [0, 0.1) is 0 Å². The molecule has 0 atom stereocenters. The largest absolute Gasteiger partial charge is 0.507 e. The maximum atomic E-state index is 9.37. The van der Waals surface area contributed by atoms with Crippen LogP contribution in [0.25, 0.3) is 10.8 Å². The molecule has 0 heterocycles. The van der Waals surface area contributed by atoms with Gasteiger partial charge in [-0.2, -0.15) is 0 Å². The fourth-order valence-corrected chi connectivity index (χ4v) is 1.21. The molecule has 0 aliphatic carbocycles. The third-order valence-electron chi connectivity index (χ3n) is 1.77. The Morgan fingerprint density at radius 1 is 0.818 bits per heavy atom. The summed E-state index contributed by atoms with van der Waals surface area (Å²) in [6.45, 7) is 0. The van der Waals surface area contributed by atoms with Crippen molar-refractivity contribution in [3.05, 3.63) is 42.5 Å². The second-order valence-corrected chi connectivity index (χ2v) is 2.50. The molecule has 11 heavy (non-hydrogen) atoms. The molecule has 0 aromatic heterocycles. The van der Waals surface area contributed by atoms with Gasteiger partial charge in [0.25, 0.3) is 0 Å². The van der Waals surface area contributed by atoms with Crippen LogP contribution >= 0.6 is 0 Å². The number of phenolic OH excluding ortho intramolecular Hbond substituents is 1. The van der Waals surface area contributed by atoms with E-state index >= 15 is 0 Å². The summed E-state index contributed by atoms with van der Waals surface area (Å²) in [5, 5.41) is 11.4. The standard InChI is InChI=1S/C10H8O/c11-10-7-3-5-8-4-1-2-6-9(8)10/h1-7,11H/i3+1,5+1,7+1,8+1,9+1,10+1. The van der Waals surface area contributed by atoms with Crippen LogP contribution in [0.15, 0.2) is 42.5 Å². The summed E-state index contributed by atoms with van der Waals surface area (Å²) in [4.78, 5) is 0. The van der Waals surface area contributed by atoms with Crippen LogP contribution in [0.4, 0.5) is 0 Å². The normalized spacial score (nSPS) is 10.2. The zero-order valence-electron chi connectivity index (χ0n) is 5.99. The van der Waals surface area contributed by atoms with Gasteiger partial charge in [-0.1, -0.05) is 36.4 Å². The van der Waals surface area contributed by atoms with Crippen LogP contribution in [0.5, 0.6) is 5.75 Å². The predicted molar refractivity (Wildman–Crippen MR) is 45.6 cm³/mol. The molecule has 0 saturated heterocycles. The molecule has 1 heteroatoms. The first kappa shape index (κ1) is 6.23. The van der Waals surface area contributed by atoms with Gasteiger partial charge >= 0.3 is 0 Å². The number of benzene rings is 2. The molecular formula is C10H8O. The minimum absolute atomic E-state index is 0.350. The van der Waals surface area contributed by atoms with E-state index in [1.807, 2.05) is 36.4 Å². The Balaban J connectivity index is 2.91. The van der Waals surface area contributed by atoms with Crippen molar-refractivity contribution in [1.82, 2.24) is 0 Å². The molecule has 0 aliphatic heterocycles. The van der Waals surface area contributed by atoms with Gasteiger partial charge in [-0.05, 0) is 11.5 Å². The Kier molecular flexibility index (Phi) is 1.29. The summed E-state index contributed by atoms with van der Waals surface area (Å²) in [5.74, 6) is 0.350. The molecule has 0 unspecified atom stereocenters. The van der Waals surface area contributed by atoms with Crippen molar-refractivity contribution in [3.8, 4) is 5.75 Å². The van der Waals surface area contributed by atoms with Crippen molar-refractivity contribution >= 4 is 10.8 Å². The summed E-state index contributed by atoms with van der Waals surface area (Å²) in [5.41, 5.74) is 0. The number of rotatable bonds is 0. The van der Waals surface area contributed by atoms with Crippen LogP contribution in [-0.2, 0) is 0 Å². The van der Waals surface area contributed by atoms with Gasteiger partial charge in [-0.25, -0.2) is 0 Å². The molecule has 0 bridgehead atoms. The number of hydrogen-bond acceptors (Lipinski definition) is 1. The molecule has 0 amide bonds. The van der Waals surface area contributed by atoms with Gasteiger partial charge in [-0.15, -0.1) is 0 Å². The molecule has 2 rings (SSSR count). The van der Waals surface area contributed by atoms with Crippen LogP contribution in [0.1, 0.15) is 0 Å². The lowest BCUT2D eigenvalue weighted by Gasteiger charge is -1.97. The van der Waals surface area contributed by atoms with Crippen LogP contribution in [0.3, 0.4) is 0 Å². The van der Waals surface area contributed by atoms with E-state index in [9.17, 15) is 5.11 Å². The van der Waals surface area contributed by atoms with Crippen molar-refractivity contribution in [2.24, 2.45) is 0 Å². The predicted octanol–water partition coefficient (Wildman–Crippen LogP) is 2.55. The van der Waals surface area contributed by atoms with Gasteiger partial charge in [0.05, 0.1) is 0 Å². The maximum Gasteiger partial charge on any atom is 0.123 e. The SMILES string of the molecule is O[13c]1[13cH][13cH][13cH][13c]2cccc[13c]12. The van der Waals surface area contributed by atoms with Crippen LogP contribution in [0.2, 0.25) is 0 Å². The lowest BCUT2D eigenvalue weighted by Crippen LogP contribution is -1.70. The maximum absolute atomic E-state index is 9.37. The van der Waals surface area contributed by atoms with E-state index < -0.39 is 0 Å². The molecular weight excluding hydrogens is 142 g/mol. The molecule has 2 aromatic rings. The topological polar surface area (TPSA) is 20.2 Å². The second kappa shape index (κ2) is 2.27. The zero-order valence-corrected chi connectivity index (χ0v) is 5.99. The summed E-state index contributed by atoms with van der Waals surface area (Å²) >= 11 is 0. The molecule has 1 N–H and O–H groups in total. The van der Waals surface area contributed by atoms with Gasteiger partial charge < -0.3 is 5.11 Å². The van der Waals surface area contributed by atoms with E-state index in [0.717, 1.165) is 10.8 Å². The lowest BCUT2D eigenvalue weighted by molar-refractivity contribution is 0.481. The van der Waals surface area contributed by atoms with E-state index in [1.165, 1.54) is 0 Å². The highest BCUT2D eigenvalue weighted by atomic mass is 16.3. The van der Waals surface area contributed by atoms with E-state index in [4.69, 9.17) is 0 Å². The molecule has 2 aromatic carbocycles. The highest BCUT2D eigenvalue weighted by Crippen LogP contribution is 2.22. The average Bonchev–Trinajstić information content (AvgIpc) is 2.06. The first-order valence-electron chi connectivity index (χ1n) is 3.54. The van der Waals surface area contributed by atoms with Crippen molar-refractivity contribution in [2.45, 2.75) is 0 Å². The Hall–Kier alpha value is -1.50. The summed E-state index contributed by atoms with van der Waals surface area (Å²) in [6, 6.07) is 13.3. The molecule has 0 aliphatic rings. The smallest absolute Gasteiger partial charge is 0.123 e. The van der Waals surface area contributed by atoms with Gasteiger partial charge in [-0.3, -0.25) is 0 Å². The number of hydrogen-bond donors (Lipinski definition) is 1. The number of aromatic hydroxyl groups is 1. The fraction of sp³-hybridized carbons (Fsp3) is 0. The first-order chi connectivity index (χ1) is 5.38. The third kappa shape index (κ3) is 0.944. The minimum Gasteiger partial charge on any atom is -0.507 e. The molecule has 54 valence electrons. The highest BCUT2D eigenvalue weighted by Gasteiger charge is 1.94. The van der Waals surface area contributed by atoms with Gasteiger partial charge in [0.15, 0.2) is 0 Å². The van der Waals surface area contributed by atoms with E-state index in [1.54, 1.807) is 6.07 Å². The molecule has 0 fully saturated rings. The third-order valence-corrected chi connectivity index (χ3v) is 1.77. The van der Waals surface area contributed by atoms with Crippen molar-refractivity contribution in [2.75, 3.05) is 0 Å². The van der Waals surface area contributed by atoms with Crippen molar-refractivity contribution in [3.63, 3.8) is 0 Å². The summed E-state index contributed by atoms with van der Waals surface area (Å²) in [6.07, 6.45) is 0. The second-order valence-electron chi connectivity index (χ2n) is 2.50.